The van der Waals surface area contributed by atoms with Gasteiger partial charge in [0.25, 0.3) is 0 Å². The fourth-order valence-electron chi connectivity index (χ4n) is 1.59. The number of fused-ring (bicyclic) bond motifs is 1. The van der Waals surface area contributed by atoms with Crippen molar-refractivity contribution in [3.05, 3.63) is 18.2 Å². The second-order valence-electron chi connectivity index (χ2n) is 4.12. The molecule has 0 bridgehead atoms. The monoisotopic (exact) mass is 258 g/mol. The summed E-state index contributed by atoms with van der Waals surface area (Å²) in [5.74, 6) is 0.403. The van der Waals surface area contributed by atoms with E-state index in [-0.39, 0.29) is 6.54 Å². The third kappa shape index (κ3) is 2.85. The number of aromatic amines is 1. The molecule has 3 N–H and O–H groups in total. The lowest BCUT2D eigenvalue weighted by atomic mass is 10.3. The van der Waals surface area contributed by atoms with Crippen molar-refractivity contribution in [3.63, 3.8) is 0 Å². The van der Waals surface area contributed by atoms with Gasteiger partial charge in [-0.15, -0.1) is 0 Å². The van der Waals surface area contributed by atoms with Crippen LogP contribution in [0, 0.1) is 0 Å². The number of hydrogen-bond donors (Lipinski definition) is 2. The Hall–Kier alpha value is -1.92. The molecule has 0 saturated heterocycles. The standard InChI is InChI=1S/C11H13F3N4/c1-18(5-4-11(12,13)14)10-16-8-3-2-7(15)6-9(8)17-10/h2-3,6H,4-5,15H2,1H3,(H,16,17). The largest absolute Gasteiger partial charge is 0.399 e. The third-order valence-corrected chi connectivity index (χ3v) is 2.59. The van der Waals surface area contributed by atoms with Gasteiger partial charge in [-0.05, 0) is 18.2 Å². The number of imidazole rings is 1. The first-order valence-electron chi connectivity index (χ1n) is 5.38. The van der Waals surface area contributed by atoms with Crippen LogP contribution in [0.4, 0.5) is 24.8 Å². The maximum atomic E-state index is 12.1. The Balaban J connectivity index is 2.15. The number of halogens is 3. The zero-order chi connectivity index (χ0) is 13.3. The molecule has 0 amide bonds. The smallest absolute Gasteiger partial charge is 0.390 e. The fourth-order valence-corrected chi connectivity index (χ4v) is 1.59. The molecule has 0 aliphatic rings. The number of hydrogen-bond acceptors (Lipinski definition) is 3. The van der Waals surface area contributed by atoms with Gasteiger partial charge in [0.2, 0.25) is 5.95 Å². The van der Waals surface area contributed by atoms with Crippen molar-refractivity contribution in [2.24, 2.45) is 0 Å². The van der Waals surface area contributed by atoms with E-state index in [1.807, 2.05) is 0 Å². The first kappa shape index (κ1) is 12.5. The molecule has 1 heterocycles. The minimum absolute atomic E-state index is 0.140. The Bertz CT molecular complexity index is 547. The van der Waals surface area contributed by atoms with Gasteiger partial charge in [0, 0.05) is 19.3 Å². The number of nitrogen functional groups attached to an aromatic ring is 1. The number of nitrogens with one attached hydrogen (secondary N) is 1. The second-order valence-corrected chi connectivity index (χ2v) is 4.12. The van der Waals surface area contributed by atoms with Gasteiger partial charge in [0.05, 0.1) is 17.5 Å². The van der Waals surface area contributed by atoms with E-state index >= 15 is 0 Å². The quantitative estimate of drug-likeness (QED) is 0.832. The van der Waals surface area contributed by atoms with E-state index in [4.69, 9.17) is 5.73 Å². The SMILES string of the molecule is CN(CCC(F)(F)F)c1nc2ccc(N)cc2[nH]1. The zero-order valence-corrected chi connectivity index (χ0v) is 9.75. The van der Waals surface area contributed by atoms with E-state index in [2.05, 4.69) is 9.97 Å². The second kappa shape index (κ2) is 4.40. The van der Waals surface area contributed by atoms with Crippen LogP contribution in [0.5, 0.6) is 0 Å². The Morgan fingerprint density at radius 2 is 2.11 bits per heavy atom. The number of nitrogens with two attached hydrogens (primary N) is 1. The lowest BCUT2D eigenvalue weighted by Crippen LogP contribution is -2.24. The first-order valence-corrected chi connectivity index (χ1v) is 5.38. The highest BCUT2D eigenvalue weighted by molar-refractivity contribution is 5.80. The minimum Gasteiger partial charge on any atom is -0.399 e. The molecule has 0 aliphatic carbocycles. The topological polar surface area (TPSA) is 57.9 Å². The number of rotatable bonds is 3. The maximum Gasteiger partial charge on any atom is 0.390 e. The van der Waals surface area contributed by atoms with Crippen molar-refractivity contribution in [2.45, 2.75) is 12.6 Å². The lowest BCUT2D eigenvalue weighted by Gasteiger charge is -2.16. The molecule has 0 atom stereocenters. The Morgan fingerprint density at radius 1 is 1.39 bits per heavy atom. The van der Waals surface area contributed by atoms with Crippen LogP contribution >= 0.6 is 0 Å². The van der Waals surface area contributed by atoms with E-state index in [0.717, 1.165) is 0 Å². The molecule has 0 saturated carbocycles. The molecule has 0 spiro atoms. The summed E-state index contributed by atoms with van der Waals surface area (Å²) < 4.78 is 36.3. The van der Waals surface area contributed by atoms with Gasteiger partial charge in [-0.3, -0.25) is 0 Å². The van der Waals surface area contributed by atoms with Crippen LogP contribution < -0.4 is 10.6 Å². The summed E-state index contributed by atoms with van der Waals surface area (Å²) in [4.78, 5) is 8.58. The molecule has 1 aromatic carbocycles. The van der Waals surface area contributed by atoms with Crippen molar-refractivity contribution in [1.82, 2.24) is 9.97 Å². The number of nitrogens with zero attached hydrogens (tertiary/aromatic N) is 2. The third-order valence-electron chi connectivity index (χ3n) is 2.59. The van der Waals surface area contributed by atoms with Crippen LogP contribution in [0.25, 0.3) is 11.0 Å². The molecule has 18 heavy (non-hydrogen) atoms. The summed E-state index contributed by atoms with van der Waals surface area (Å²) >= 11 is 0. The molecule has 1 aromatic heterocycles. The Kier molecular flexibility index (Phi) is 3.06. The molecule has 0 fully saturated rings. The van der Waals surface area contributed by atoms with Crippen molar-refractivity contribution < 1.29 is 13.2 Å². The number of H-pyrrole nitrogens is 1. The van der Waals surface area contributed by atoms with E-state index < -0.39 is 12.6 Å². The molecule has 98 valence electrons. The van der Waals surface area contributed by atoms with Gasteiger partial charge in [-0.2, -0.15) is 13.2 Å². The van der Waals surface area contributed by atoms with Crippen molar-refractivity contribution >= 4 is 22.7 Å². The summed E-state index contributed by atoms with van der Waals surface area (Å²) in [6.07, 6.45) is -5.03. The molecule has 2 rings (SSSR count). The first-order chi connectivity index (χ1) is 8.35. The molecule has 0 aliphatic heterocycles. The van der Waals surface area contributed by atoms with Gasteiger partial charge in [-0.1, -0.05) is 0 Å². The Labute approximate surface area is 102 Å². The molecule has 7 heteroatoms. The van der Waals surface area contributed by atoms with Crippen LogP contribution in [-0.4, -0.2) is 29.7 Å². The summed E-state index contributed by atoms with van der Waals surface area (Å²) in [7, 11) is 1.56. The van der Waals surface area contributed by atoms with Gasteiger partial charge < -0.3 is 15.6 Å². The maximum absolute atomic E-state index is 12.1. The zero-order valence-electron chi connectivity index (χ0n) is 9.75. The molecule has 4 nitrogen and oxygen atoms in total. The highest BCUT2D eigenvalue weighted by Gasteiger charge is 2.27. The van der Waals surface area contributed by atoms with Crippen LogP contribution in [0.2, 0.25) is 0 Å². The van der Waals surface area contributed by atoms with Gasteiger partial charge in [0.15, 0.2) is 0 Å². The summed E-state index contributed by atoms with van der Waals surface area (Å²) in [6, 6.07) is 5.12. The van der Waals surface area contributed by atoms with Gasteiger partial charge in [-0.25, -0.2) is 4.98 Å². The van der Waals surface area contributed by atoms with E-state index in [1.165, 1.54) is 4.90 Å². The molecule has 2 aromatic rings. The van der Waals surface area contributed by atoms with E-state index in [9.17, 15) is 13.2 Å². The van der Waals surface area contributed by atoms with E-state index in [1.54, 1.807) is 25.2 Å². The number of anilines is 2. The van der Waals surface area contributed by atoms with Crippen LogP contribution in [0.1, 0.15) is 6.42 Å². The van der Waals surface area contributed by atoms with Crippen molar-refractivity contribution in [1.29, 1.82) is 0 Å². The fraction of sp³-hybridized carbons (Fsp3) is 0.364. The lowest BCUT2D eigenvalue weighted by molar-refractivity contribution is -0.132. The highest BCUT2D eigenvalue weighted by atomic mass is 19.4. The normalized spacial score (nSPS) is 12.0. The Morgan fingerprint density at radius 3 is 2.78 bits per heavy atom. The van der Waals surface area contributed by atoms with Crippen LogP contribution in [0.15, 0.2) is 18.2 Å². The highest BCUT2D eigenvalue weighted by Crippen LogP contribution is 2.22. The molecular weight excluding hydrogens is 245 g/mol. The minimum atomic E-state index is -4.16. The molecule has 0 unspecified atom stereocenters. The predicted octanol–water partition coefficient (Wildman–Crippen LogP) is 2.53. The summed E-state index contributed by atoms with van der Waals surface area (Å²) in [6.45, 7) is -0.140. The molecule has 0 radical (unpaired) electrons. The van der Waals surface area contributed by atoms with Crippen molar-refractivity contribution in [3.8, 4) is 0 Å². The summed E-state index contributed by atoms with van der Waals surface area (Å²) in [5, 5.41) is 0. The van der Waals surface area contributed by atoms with Gasteiger partial charge in [0.1, 0.15) is 0 Å². The number of alkyl halides is 3. The average Bonchev–Trinajstić information content (AvgIpc) is 2.67. The average molecular weight is 258 g/mol. The number of benzene rings is 1. The van der Waals surface area contributed by atoms with E-state index in [0.29, 0.717) is 22.7 Å². The van der Waals surface area contributed by atoms with Gasteiger partial charge >= 0.3 is 6.18 Å². The predicted molar refractivity (Wildman–Crippen MR) is 64.4 cm³/mol. The van der Waals surface area contributed by atoms with Crippen LogP contribution in [0.3, 0.4) is 0 Å². The summed E-state index contributed by atoms with van der Waals surface area (Å²) in [5.41, 5.74) is 7.58. The van der Waals surface area contributed by atoms with Crippen LogP contribution in [-0.2, 0) is 0 Å². The number of aromatic nitrogens is 2. The molecular formula is C11H13F3N4. The van der Waals surface area contributed by atoms with Crippen molar-refractivity contribution in [2.75, 3.05) is 24.2 Å².